The molecule has 0 saturated heterocycles. The molecule has 2 aromatic rings. The maximum absolute atomic E-state index is 12.3. The summed E-state index contributed by atoms with van der Waals surface area (Å²) < 4.78 is 0.865. The van der Waals surface area contributed by atoms with Crippen molar-refractivity contribution in [1.29, 1.82) is 0 Å². The zero-order valence-electron chi connectivity index (χ0n) is 12.2. The number of rotatable bonds is 3. The van der Waals surface area contributed by atoms with Gasteiger partial charge in [0.2, 0.25) is 0 Å². The monoisotopic (exact) mass is 377 g/mol. The predicted octanol–water partition coefficient (Wildman–Crippen LogP) is 3.97. The van der Waals surface area contributed by atoms with Crippen molar-refractivity contribution in [2.24, 2.45) is 5.73 Å². The second kappa shape index (κ2) is 6.89. The number of carbonyl (C=O) groups is 1. The Kier molecular flexibility index (Phi) is 5.15. The van der Waals surface area contributed by atoms with E-state index in [0.717, 1.165) is 27.0 Å². The minimum Gasteiger partial charge on any atom is -0.376 e. The molecule has 0 spiro atoms. The van der Waals surface area contributed by atoms with E-state index in [0.29, 0.717) is 5.56 Å². The molecule has 4 N–H and O–H groups in total. The molecule has 2 aromatic carbocycles. The van der Waals surface area contributed by atoms with Gasteiger partial charge in [0.05, 0.1) is 0 Å². The number of benzene rings is 2. The van der Waals surface area contributed by atoms with Crippen LogP contribution >= 0.6 is 28.1 Å². The SMILES string of the molecule is Cc1cc(NC(N)=S)cc(C)c1NC(=O)c1cccc(Br)c1. The van der Waals surface area contributed by atoms with E-state index >= 15 is 0 Å². The zero-order chi connectivity index (χ0) is 16.3. The summed E-state index contributed by atoms with van der Waals surface area (Å²) in [4.78, 5) is 12.3. The number of carbonyl (C=O) groups excluding carboxylic acids is 1. The van der Waals surface area contributed by atoms with Crippen LogP contribution in [-0.2, 0) is 0 Å². The number of halogens is 1. The molecule has 0 fully saturated rings. The van der Waals surface area contributed by atoms with E-state index in [1.807, 2.05) is 38.1 Å². The third-order valence-electron chi connectivity index (χ3n) is 3.13. The maximum atomic E-state index is 12.3. The third-order valence-corrected chi connectivity index (χ3v) is 3.72. The molecule has 0 aliphatic carbocycles. The summed E-state index contributed by atoms with van der Waals surface area (Å²) in [5.74, 6) is -0.150. The van der Waals surface area contributed by atoms with Crippen LogP contribution in [0.15, 0.2) is 40.9 Å². The minimum absolute atomic E-state index is 0.150. The van der Waals surface area contributed by atoms with Crippen LogP contribution in [0.1, 0.15) is 21.5 Å². The first-order valence-corrected chi connectivity index (χ1v) is 7.81. The summed E-state index contributed by atoms with van der Waals surface area (Å²) in [7, 11) is 0. The molecule has 0 aliphatic rings. The molecule has 0 heterocycles. The largest absolute Gasteiger partial charge is 0.376 e. The molecule has 0 radical (unpaired) electrons. The van der Waals surface area contributed by atoms with E-state index < -0.39 is 0 Å². The predicted molar refractivity (Wildman–Crippen MR) is 98.4 cm³/mol. The van der Waals surface area contributed by atoms with Crippen molar-refractivity contribution in [3.05, 3.63) is 57.6 Å². The van der Waals surface area contributed by atoms with Gasteiger partial charge in [-0.25, -0.2) is 0 Å². The van der Waals surface area contributed by atoms with Crippen molar-refractivity contribution in [2.45, 2.75) is 13.8 Å². The summed E-state index contributed by atoms with van der Waals surface area (Å²) in [6.45, 7) is 3.85. The quantitative estimate of drug-likeness (QED) is 0.707. The van der Waals surface area contributed by atoms with Crippen molar-refractivity contribution in [1.82, 2.24) is 0 Å². The summed E-state index contributed by atoms with van der Waals surface area (Å²) in [6, 6.07) is 11.0. The van der Waals surface area contributed by atoms with Gasteiger partial charge in [-0.3, -0.25) is 4.79 Å². The fourth-order valence-corrected chi connectivity index (χ4v) is 2.71. The molecule has 0 saturated carbocycles. The molecule has 114 valence electrons. The van der Waals surface area contributed by atoms with Crippen LogP contribution in [0.3, 0.4) is 0 Å². The van der Waals surface area contributed by atoms with Crippen molar-refractivity contribution >= 4 is 50.5 Å². The molecule has 0 aromatic heterocycles. The van der Waals surface area contributed by atoms with Crippen LogP contribution in [0.4, 0.5) is 11.4 Å². The highest BCUT2D eigenvalue weighted by atomic mass is 79.9. The van der Waals surface area contributed by atoms with Crippen LogP contribution < -0.4 is 16.4 Å². The van der Waals surface area contributed by atoms with Crippen molar-refractivity contribution < 1.29 is 4.79 Å². The molecule has 0 bridgehead atoms. The second-order valence-corrected chi connectivity index (χ2v) is 6.29. The summed E-state index contributed by atoms with van der Waals surface area (Å²) in [6.07, 6.45) is 0. The molecule has 4 nitrogen and oxygen atoms in total. The Morgan fingerprint density at radius 1 is 1.14 bits per heavy atom. The number of hydrogen-bond donors (Lipinski definition) is 3. The van der Waals surface area contributed by atoms with Crippen LogP contribution in [0.25, 0.3) is 0 Å². The molecule has 0 atom stereocenters. The van der Waals surface area contributed by atoms with Crippen molar-refractivity contribution in [3.8, 4) is 0 Å². The molecule has 6 heteroatoms. The highest BCUT2D eigenvalue weighted by Gasteiger charge is 2.11. The Bertz CT molecular complexity index is 723. The summed E-state index contributed by atoms with van der Waals surface area (Å²) >= 11 is 8.20. The summed E-state index contributed by atoms with van der Waals surface area (Å²) in [5.41, 5.74) is 9.54. The Morgan fingerprint density at radius 3 is 2.32 bits per heavy atom. The number of aryl methyl sites for hydroxylation is 2. The molecule has 22 heavy (non-hydrogen) atoms. The van der Waals surface area contributed by atoms with E-state index in [-0.39, 0.29) is 11.0 Å². The molecule has 2 rings (SSSR count). The first-order chi connectivity index (χ1) is 10.4. The van der Waals surface area contributed by atoms with Crippen LogP contribution in [0, 0.1) is 13.8 Å². The fraction of sp³-hybridized carbons (Fsp3) is 0.125. The first kappa shape index (κ1) is 16.5. The van der Waals surface area contributed by atoms with E-state index in [1.54, 1.807) is 12.1 Å². The highest BCUT2D eigenvalue weighted by Crippen LogP contribution is 2.25. The van der Waals surface area contributed by atoms with Crippen molar-refractivity contribution in [2.75, 3.05) is 10.6 Å². The van der Waals surface area contributed by atoms with E-state index in [4.69, 9.17) is 18.0 Å². The average Bonchev–Trinajstić information content (AvgIpc) is 2.42. The van der Waals surface area contributed by atoms with E-state index in [9.17, 15) is 4.79 Å². The Morgan fingerprint density at radius 2 is 1.77 bits per heavy atom. The van der Waals surface area contributed by atoms with Gasteiger partial charge in [0.15, 0.2) is 5.11 Å². The van der Waals surface area contributed by atoms with Crippen LogP contribution in [0.2, 0.25) is 0 Å². The molecule has 0 unspecified atom stereocenters. The number of anilines is 2. The molecule has 1 amide bonds. The van der Waals surface area contributed by atoms with E-state index in [1.165, 1.54) is 0 Å². The Hall–Kier alpha value is -1.92. The molecular weight excluding hydrogens is 362 g/mol. The zero-order valence-corrected chi connectivity index (χ0v) is 14.6. The number of hydrogen-bond acceptors (Lipinski definition) is 2. The second-order valence-electron chi connectivity index (χ2n) is 4.94. The van der Waals surface area contributed by atoms with Gasteiger partial charge in [-0.2, -0.15) is 0 Å². The number of nitrogens with two attached hydrogens (primary N) is 1. The maximum Gasteiger partial charge on any atom is 0.255 e. The molecular formula is C16H16BrN3OS. The van der Waals surface area contributed by atoms with Crippen molar-refractivity contribution in [3.63, 3.8) is 0 Å². The number of thiocarbonyl (C=S) groups is 1. The lowest BCUT2D eigenvalue weighted by molar-refractivity contribution is 0.102. The van der Waals surface area contributed by atoms with Gasteiger partial charge >= 0.3 is 0 Å². The Labute approximate surface area is 143 Å². The lowest BCUT2D eigenvalue weighted by atomic mass is 10.1. The third kappa shape index (κ3) is 4.05. The minimum atomic E-state index is -0.150. The smallest absolute Gasteiger partial charge is 0.255 e. The normalized spacial score (nSPS) is 10.1. The lowest BCUT2D eigenvalue weighted by Gasteiger charge is -2.14. The van der Waals surface area contributed by atoms with Gasteiger partial charge in [0, 0.05) is 21.4 Å². The Balaban J connectivity index is 2.26. The van der Waals surface area contributed by atoms with Gasteiger partial charge < -0.3 is 16.4 Å². The molecule has 0 aliphatic heterocycles. The number of nitrogens with one attached hydrogen (secondary N) is 2. The van der Waals surface area contributed by atoms with Gasteiger partial charge in [-0.1, -0.05) is 22.0 Å². The topological polar surface area (TPSA) is 67.2 Å². The van der Waals surface area contributed by atoms with Gasteiger partial charge in [0.1, 0.15) is 0 Å². The summed E-state index contributed by atoms with van der Waals surface area (Å²) in [5, 5.41) is 6.06. The first-order valence-electron chi connectivity index (χ1n) is 6.61. The number of amides is 1. The van der Waals surface area contributed by atoms with Gasteiger partial charge in [-0.15, -0.1) is 0 Å². The van der Waals surface area contributed by atoms with Gasteiger partial charge in [-0.05, 0) is 67.5 Å². The average molecular weight is 378 g/mol. The van der Waals surface area contributed by atoms with Gasteiger partial charge in [0.25, 0.3) is 5.91 Å². The fourth-order valence-electron chi connectivity index (χ4n) is 2.19. The highest BCUT2D eigenvalue weighted by molar-refractivity contribution is 9.10. The van der Waals surface area contributed by atoms with Crippen LogP contribution in [-0.4, -0.2) is 11.0 Å². The van der Waals surface area contributed by atoms with E-state index in [2.05, 4.69) is 26.6 Å². The van der Waals surface area contributed by atoms with Crippen LogP contribution in [0.5, 0.6) is 0 Å². The lowest BCUT2D eigenvalue weighted by Crippen LogP contribution is -2.19. The standard InChI is InChI=1S/C16H16BrN3OS/c1-9-6-13(19-16(18)22)7-10(2)14(9)20-15(21)11-4-3-5-12(17)8-11/h3-8H,1-2H3,(H,20,21)(H3,18,19,22).